The van der Waals surface area contributed by atoms with Crippen LogP contribution in [0.2, 0.25) is 0 Å². The van der Waals surface area contributed by atoms with Gasteiger partial charge in [-0.25, -0.2) is 0 Å². The van der Waals surface area contributed by atoms with Gasteiger partial charge in [0, 0.05) is 31.7 Å². The average Bonchev–Trinajstić information content (AvgIpc) is 2.05. The molecule has 2 saturated heterocycles. The summed E-state index contributed by atoms with van der Waals surface area (Å²) in [6.07, 6.45) is 1.28. The van der Waals surface area contributed by atoms with E-state index in [-0.39, 0.29) is 0 Å². The van der Waals surface area contributed by atoms with Crippen LogP contribution in [0.25, 0.3) is 0 Å². The van der Waals surface area contributed by atoms with E-state index < -0.39 is 0 Å². The van der Waals surface area contributed by atoms with Gasteiger partial charge in [0.05, 0.1) is 0 Å². The van der Waals surface area contributed by atoms with Gasteiger partial charge in [0.25, 0.3) is 0 Å². The fraction of sp³-hybridized carbons (Fsp3) is 1.00. The zero-order valence-electron chi connectivity index (χ0n) is 6.19. The van der Waals surface area contributed by atoms with Crippen LogP contribution in [-0.4, -0.2) is 38.3 Å². The number of hydrogen-bond acceptors (Lipinski definition) is 3. The Bertz CT molecular complexity index is 89.4. The Morgan fingerprint density at radius 2 is 1.70 bits per heavy atom. The molecule has 0 aromatic rings. The van der Waals surface area contributed by atoms with E-state index in [9.17, 15) is 0 Å². The molecule has 3 heteroatoms. The van der Waals surface area contributed by atoms with Gasteiger partial charge in [0.2, 0.25) is 0 Å². The summed E-state index contributed by atoms with van der Waals surface area (Å²) in [6, 6.07) is 1.41. The lowest BCUT2D eigenvalue weighted by molar-refractivity contribution is 0.264. The summed E-state index contributed by atoms with van der Waals surface area (Å²) >= 11 is 0. The maximum absolute atomic E-state index is 3.52. The molecule has 10 heavy (non-hydrogen) atoms. The molecule has 2 fully saturated rings. The fourth-order valence-electron chi connectivity index (χ4n) is 1.83. The minimum atomic E-state index is 0.683. The molecule has 0 amide bonds. The first-order valence-corrected chi connectivity index (χ1v) is 4.14. The smallest absolute Gasteiger partial charge is 0.0347 e. The highest BCUT2D eigenvalue weighted by Gasteiger charge is 2.25. The van der Waals surface area contributed by atoms with Crippen molar-refractivity contribution in [3.8, 4) is 0 Å². The van der Waals surface area contributed by atoms with Crippen molar-refractivity contribution in [2.45, 2.75) is 18.5 Å². The minimum absolute atomic E-state index is 0.683. The van der Waals surface area contributed by atoms with Crippen LogP contribution < -0.4 is 16.0 Å². The zero-order chi connectivity index (χ0) is 6.81. The molecule has 0 aromatic carbocycles. The van der Waals surface area contributed by atoms with Crippen LogP contribution in [0.1, 0.15) is 6.42 Å². The quantitative estimate of drug-likeness (QED) is 0.401. The number of rotatable bonds is 0. The van der Waals surface area contributed by atoms with Crippen molar-refractivity contribution < 1.29 is 0 Å². The SMILES string of the molecule is C1CC2NCCNC2CN1. The van der Waals surface area contributed by atoms with Gasteiger partial charge in [0.15, 0.2) is 0 Å². The Balaban J connectivity index is 1.93. The predicted octanol–water partition coefficient (Wildman–Crippen LogP) is -1.09. The number of nitrogens with one attached hydrogen (secondary N) is 3. The molecule has 2 atom stereocenters. The molecular formula is C7H15N3. The Morgan fingerprint density at radius 1 is 0.900 bits per heavy atom. The summed E-state index contributed by atoms with van der Waals surface area (Å²) in [5.74, 6) is 0. The Labute approximate surface area is 61.6 Å². The summed E-state index contributed by atoms with van der Waals surface area (Å²) in [7, 11) is 0. The van der Waals surface area contributed by atoms with Gasteiger partial charge in [-0.3, -0.25) is 0 Å². The van der Waals surface area contributed by atoms with Crippen molar-refractivity contribution in [2.75, 3.05) is 26.2 Å². The molecule has 0 aromatic heterocycles. The molecular weight excluding hydrogens is 126 g/mol. The van der Waals surface area contributed by atoms with Crippen LogP contribution in [0, 0.1) is 0 Å². The van der Waals surface area contributed by atoms with Crippen molar-refractivity contribution in [3.63, 3.8) is 0 Å². The highest BCUT2D eigenvalue weighted by molar-refractivity contribution is 4.91. The van der Waals surface area contributed by atoms with Crippen LogP contribution in [0.15, 0.2) is 0 Å². The summed E-state index contributed by atoms with van der Waals surface area (Å²) in [5.41, 5.74) is 0. The fourth-order valence-corrected chi connectivity index (χ4v) is 1.83. The van der Waals surface area contributed by atoms with Crippen molar-refractivity contribution in [1.29, 1.82) is 0 Å². The predicted molar refractivity (Wildman–Crippen MR) is 41.1 cm³/mol. The third kappa shape index (κ3) is 1.17. The van der Waals surface area contributed by atoms with Crippen LogP contribution in [0.5, 0.6) is 0 Å². The van der Waals surface area contributed by atoms with Crippen molar-refractivity contribution in [2.24, 2.45) is 0 Å². The lowest BCUT2D eigenvalue weighted by atomic mass is 9.99. The summed E-state index contributed by atoms with van der Waals surface area (Å²) in [5, 5.41) is 10.4. The highest BCUT2D eigenvalue weighted by atomic mass is 15.1. The van der Waals surface area contributed by atoms with E-state index >= 15 is 0 Å². The molecule has 2 heterocycles. The molecule has 0 saturated carbocycles. The Kier molecular flexibility index (Phi) is 1.88. The van der Waals surface area contributed by atoms with E-state index in [0.29, 0.717) is 6.04 Å². The largest absolute Gasteiger partial charge is 0.315 e. The number of piperidine rings is 1. The zero-order valence-corrected chi connectivity index (χ0v) is 6.19. The lowest BCUT2D eigenvalue weighted by Crippen LogP contribution is -2.62. The van der Waals surface area contributed by atoms with Gasteiger partial charge >= 0.3 is 0 Å². The third-order valence-electron chi connectivity index (χ3n) is 2.42. The second-order valence-corrected chi connectivity index (χ2v) is 3.11. The molecule has 0 bridgehead atoms. The molecule has 3 N–H and O–H groups in total. The summed E-state index contributed by atoms with van der Waals surface area (Å²) in [4.78, 5) is 0. The molecule has 0 aliphatic carbocycles. The standard InChI is InChI=1S/C7H15N3/c1-2-8-5-7-6(1)9-3-4-10-7/h6-10H,1-5H2. The van der Waals surface area contributed by atoms with Gasteiger partial charge in [-0.2, -0.15) is 0 Å². The van der Waals surface area contributed by atoms with E-state index in [1.165, 1.54) is 13.0 Å². The van der Waals surface area contributed by atoms with E-state index in [1.807, 2.05) is 0 Å². The number of hydrogen-bond donors (Lipinski definition) is 3. The Hall–Kier alpha value is -0.120. The van der Waals surface area contributed by atoms with Gasteiger partial charge in [0.1, 0.15) is 0 Å². The van der Waals surface area contributed by atoms with Crippen LogP contribution in [0.3, 0.4) is 0 Å². The first-order chi connectivity index (χ1) is 4.97. The second-order valence-electron chi connectivity index (χ2n) is 3.11. The summed E-state index contributed by atoms with van der Waals surface area (Å²) in [6.45, 7) is 4.58. The van der Waals surface area contributed by atoms with Crippen LogP contribution in [-0.2, 0) is 0 Å². The molecule has 2 unspecified atom stereocenters. The topological polar surface area (TPSA) is 36.1 Å². The van der Waals surface area contributed by atoms with Crippen molar-refractivity contribution >= 4 is 0 Å². The van der Waals surface area contributed by atoms with E-state index in [1.54, 1.807) is 0 Å². The highest BCUT2D eigenvalue weighted by Crippen LogP contribution is 2.05. The monoisotopic (exact) mass is 141 g/mol. The number of fused-ring (bicyclic) bond motifs is 1. The van der Waals surface area contributed by atoms with Gasteiger partial charge in [-0.15, -0.1) is 0 Å². The van der Waals surface area contributed by atoms with Gasteiger partial charge in [-0.1, -0.05) is 0 Å². The van der Waals surface area contributed by atoms with E-state index in [2.05, 4.69) is 16.0 Å². The molecule has 2 rings (SSSR count). The maximum Gasteiger partial charge on any atom is 0.0347 e. The molecule has 2 aliphatic heterocycles. The van der Waals surface area contributed by atoms with Crippen molar-refractivity contribution in [3.05, 3.63) is 0 Å². The van der Waals surface area contributed by atoms with Gasteiger partial charge in [-0.05, 0) is 13.0 Å². The normalized spacial score (nSPS) is 40.8. The third-order valence-corrected chi connectivity index (χ3v) is 2.42. The van der Waals surface area contributed by atoms with Crippen LogP contribution >= 0.6 is 0 Å². The second kappa shape index (κ2) is 2.86. The summed E-state index contributed by atoms with van der Waals surface area (Å²) < 4.78 is 0. The molecule has 2 aliphatic rings. The van der Waals surface area contributed by atoms with E-state index in [0.717, 1.165) is 25.7 Å². The first-order valence-electron chi connectivity index (χ1n) is 4.14. The molecule has 3 nitrogen and oxygen atoms in total. The maximum atomic E-state index is 3.52. The first kappa shape index (κ1) is 6.58. The molecule has 0 radical (unpaired) electrons. The minimum Gasteiger partial charge on any atom is -0.315 e. The average molecular weight is 141 g/mol. The van der Waals surface area contributed by atoms with Crippen molar-refractivity contribution in [1.82, 2.24) is 16.0 Å². The molecule has 0 spiro atoms. The lowest BCUT2D eigenvalue weighted by Gasteiger charge is -2.37. The Morgan fingerprint density at radius 3 is 2.50 bits per heavy atom. The molecule has 58 valence electrons. The van der Waals surface area contributed by atoms with Gasteiger partial charge < -0.3 is 16.0 Å². The van der Waals surface area contributed by atoms with Crippen LogP contribution in [0.4, 0.5) is 0 Å². The van der Waals surface area contributed by atoms with E-state index in [4.69, 9.17) is 0 Å². The number of piperazine rings is 1.